The van der Waals surface area contributed by atoms with E-state index in [1.54, 1.807) is 0 Å². The number of nitrogen functional groups attached to an aromatic ring is 2. The minimum atomic E-state index is -0.392. The van der Waals surface area contributed by atoms with Gasteiger partial charge in [0.25, 0.3) is 5.62 Å². The molecule has 0 unspecified atom stereocenters. The van der Waals surface area contributed by atoms with Crippen molar-refractivity contribution in [3.63, 3.8) is 0 Å². The zero-order valence-corrected chi connectivity index (χ0v) is 7.20. The Kier molecular flexibility index (Phi) is 2.27. The normalized spacial score (nSPS) is 9.92. The summed E-state index contributed by atoms with van der Waals surface area (Å²) in [5.41, 5.74) is 10.9. The highest BCUT2D eigenvalue weighted by Gasteiger charge is 2.09. The molecule has 13 heavy (non-hydrogen) atoms. The van der Waals surface area contributed by atoms with Gasteiger partial charge >= 0.3 is 0 Å². The summed E-state index contributed by atoms with van der Waals surface area (Å²) in [4.78, 5) is 3.57. The molecule has 0 radical (unpaired) electrons. The van der Waals surface area contributed by atoms with Crippen LogP contribution in [0.2, 0.25) is 0 Å². The molecule has 72 valence electrons. The Balaban J connectivity index is 3.35. The van der Waals surface area contributed by atoms with E-state index < -0.39 is 5.62 Å². The molecule has 1 rings (SSSR count). The van der Waals surface area contributed by atoms with Gasteiger partial charge in [-0.1, -0.05) is 0 Å². The van der Waals surface area contributed by atoms with E-state index in [0.29, 0.717) is 17.0 Å². The van der Waals surface area contributed by atoms with Crippen molar-refractivity contribution in [2.24, 2.45) is 0 Å². The van der Waals surface area contributed by atoms with Gasteiger partial charge in [0.05, 0.1) is 0 Å². The van der Waals surface area contributed by atoms with Crippen LogP contribution in [0.4, 0.5) is 17.3 Å². The monoisotopic (exact) mass is 184 g/mol. The summed E-state index contributed by atoms with van der Waals surface area (Å²) in [7, 11) is 0. The number of aromatic nitrogens is 2. The molecule has 1 aromatic heterocycles. The lowest BCUT2D eigenvalue weighted by Crippen LogP contribution is -2.26. The summed E-state index contributed by atoms with van der Waals surface area (Å²) >= 11 is 0. The molecule has 0 saturated carbocycles. The summed E-state index contributed by atoms with van der Waals surface area (Å²) < 4.78 is 0.467. The van der Waals surface area contributed by atoms with Gasteiger partial charge in [-0.3, -0.25) is 5.41 Å². The maximum absolute atomic E-state index is 9.18. The van der Waals surface area contributed by atoms with Gasteiger partial charge in [-0.15, -0.1) is 4.73 Å². The number of rotatable bonds is 2. The Bertz CT molecular complexity index is 370. The molecule has 0 saturated heterocycles. The highest BCUT2D eigenvalue weighted by Crippen LogP contribution is 2.20. The van der Waals surface area contributed by atoms with E-state index in [0.717, 1.165) is 0 Å². The van der Waals surface area contributed by atoms with Gasteiger partial charge in [0.2, 0.25) is 0 Å². The van der Waals surface area contributed by atoms with Crippen LogP contribution in [0.1, 0.15) is 6.92 Å². The van der Waals surface area contributed by atoms with Crippen molar-refractivity contribution in [3.05, 3.63) is 5.62 Å². The van der Waals surface area contributed by atoms with Crippen molar-refractivity contribution in [1.82, 2.24) is 9.71 Å². The van der Waals surface area contributed by atoms with Crippen molar-refractivity contribution in [2.45, 2.75) is 6.92 Å². The van der Waals surface area contributed by atoms with Crippen LogP contribution in [0, 0.1) is 5.41 Å². The molecule has 0 aliphatic rings. The molecule has 7 heteroatoms. The predicted octanol–water partition coefficient (Wildman–Crippen LogP) is -0.804. The Morgan fingerprint density at radius 2 is 2.23 bits per heavy atom. The average Bonchev–Trinajstić information content (AvgIpc) is 2.09. The minimum absolute atomic E-state index is 0.0145. The smallest absolute Gasteiger partial charge is 0.259 e. The molecule has 1 heterocycles. The molecule has 0 spiro atoms. The third kappa shape index (κ3) is 1.48. The maximum Gasteiger partial charge on any atom is 0.259 e. The van der Waals surface area contributed by atoms with E-state index in [1.165, 1.54) is 0 Å². The summed E-state index contributed by atoms with van der Waals surface area (Å²) in [6.07, 6.45) is 0. The van der Waals surface area contributed by atoms with Crippen molar-refractivity contribution in [1.29, 1.82) is 5.41 Å². The average molecular weight is 184 g/mol. The van der Waals surface area contributed by atoms with Crippen molar-refractivity contribution < 1.29 is 5.21 Å². The summed E-state index contributed by atoms with van der Waals surface area (Å²) in [6, 6.07) is 0. The van der Waals surface area contributed by atoms with Gasteiger partial charge in [0, 0.05) is 6.54 Å². The highest BCUT2D eigenvalue weighted by atomic mass is 16.5. The first-order chi connectivity index (χ1) is 6.07. The molecule has 7 nitrogen and oxygen atoms in total. The third-order valence-electron chi connectivity index (χ3n) is 1.52. The van der Waals surface area contributed by atoms with Crippen molar-refractivity contribution in [2.75, 3.05) is 23.3 Å². The molecule has 1 aromatic rings. The van der Waals surface area contributed by atoms with Gasteiger partial charge in [0.15, 0.2) is 11.6 Å². The van der Waals surface area contributed by atoms with Crippen molar-refractivity contribution >= 4 is 17.3 Å². The summed E-state index contributed by atoms with van der Waals surface area (Å²) in [5.74, 6) is 0.0917. The van der Waals surface area contributed by atoms with Gasteiger partial charge in [-0.25, -0.2) is 0 Å². The number of anilines is 3. The summed E-state index contributed by atoms with van der Waals surface area (Å²) in [6.45, 7) is 2.46. The second kappa shape index (κ2) is 3.21. The second-order valence-electron chi connectivity index (χ2n) is 2.42. The second-order valence-corrected chi connectivity index (χ2v) is 2.42. The fourth-order valence-corrected chi connectivity index (χ4v) is 0.926. The zero-order valence-electron chi connectivity index (χ0n) is 7.20. The molecule has 0 aliphatic carbocycles. The number of hydrogen-bond acceptors (Lipinski definition) is 6. The number of nitrogens with two attached hydrogens (primary N) is 2. The van der Waals surface area contributed by atoms with Crippen LogP contribution < -0.4 is 22.4 Å². The van der Waals surface area contributed by atoms with Crippen molar-refractivity contribution in [3.8, 4) is 0 Å². The largest absolute Gasteiger partial charge is 0.423 e. The molecule has 0 fully saturated rings. The molecular formula is C6H12N6O. The molecule has 0 aliphatic heterocycles. The fraction of sp³-hybridized carbons (Fsp3) is 0.333. The predicted molar refractivity (Wildman–Crippen MR) is 48.3 cm³/mol. The topological polar surface area (TPSA) is 126 Å². The standard InChI is InChI=1S/C6H12N6O/c1-2-10-3-4(7)11-6(9)12(13)5(3)8/h10,13H,2,8H2,1H3,(H3,7,9,11). The van der Waals surface area contributed by atoms with Gasteiger partial charge in [-0.05, 0) is 6.92 Å². The van der Waals surface area contributed by atoms with Gasteiger partial charge in [0.1, 0.15) is 5.69 Å². The van der Waals surface area contributed by atoms with E-state index >= 15 is 0 Å². The number of nitrogens with one attached hydrogen (secondary N) is 2. The lowest BCUT2D eigenvalue weighted by atomic mass is 10.4. The molecular weight excluding hydrogens is 172 g/mol. The van der Waals surface area contributed by atoms with Gasteiger partial charge < -0.3 is 22.0 Å². The number of hydrogen-bond donors (Lipinski definition) is 5. The fourth-order valence-electron chi connectivity index (χ4n) is 0.926. The zero-order chi connectivity index (χ0) is 10.0. The van der Waals surface area contributed by atoms with E-state index in [2.05, 4.69) is 10.3 Å². The lowest BCUT2D eigenvalue weighted by Gasteiger charge is -2.11. The Morgan fingerprint density at radius 3 is 2.77 bits per heavy atom. The van der Waals surface area contributed by atoms with E-state index in [4.69, 9.17) is 16.9 Å². The SMILES string of the molecule is CCNc1c(N)nc(=N)n(O)c1N. The minimum Gasteiger partial charge on any atom is -0.423 e. The number of nitrogens with zero attached hydrogens (tertiary/aromatic N) is 2. The van der Waals surface area contributed by atoms with Crippen LogP contribution >= 0.6 is 0 Å². The Hall–Kier alpha value is -1.92. The van der Waals surface area contributed by atoms with E-state index in [-0.39, 0.29) is 11.6 Å². The molecule has 7 N–H and O–H groups in total. The first kappa shape index (κ1) is 9.17. The van der Waals surface area contributed by atoms with Crippen LogP contribution in [0.25, 0.3) is 0 Å². The highest BCUT2D eigenvalue weighted by molar-refractivity contribution is 5.73. The third-order valence-corrected chi connectivity index (χ3v) is 1.52. The van der Waals surface area contributed by atoms with E-state index in [9.17, 15) is 5.21 Å². The van der Waals surface area contributed by atoms with Crippen LogP contribution in [-0.2, 0) is 0 Å². The first-order valence-corrected chi connectivity index (χ1v) is 3.73. The maximum atomic E-state index is 9.18. The van der Waals surface area contributed by atoms with Crippen LogP contribution in [0.5, 0.6) is 0 Å². The van der Waals surface area contributed by atoms with Crippen LogP contribution in [-0.4, -0.2) is 21.5 Å². The van der Waals surface area contributed by atoms with Crippen LogP contribution in [0.15, 0.2) is 0 Å². The lowest BCUT2D eigenvalue weighted by molar-refractivity contribution is 0.172. The molecule has 0 aromatic carbocycles. The molecule has 0 atom stereocenters. The first-order valence-electron chi connectivity index (χ1n) is 3.73. The molecule has 0 bridgehead atoms. The van der Waals surface area contributed by atoms with Gasteiger partial charge in [-0.2, -0.15) is 4.98 Å². The Labute approximate surface area is 74.5 Å². The Morgan fingerprint density at radius 1 is 1.62 bits per heavy atom. The summed E-state index contributed by atoms with van der Waals surface area (Å²) in [5, 5.41) is 19.2. The molecule has 0 amide bonds. The van der Waals surface area contributed by atoms with Crippen LogP contribution in [0.3, 0.4) is 0 Å². The van der Waals surface area contributed by atoms with E-state index in [1.807, 2.05) is 6.92 Å². The quantitative estimate of drug-likeness (QED) is 0.384.